The van der Waals surface area contributed by atoms with E-state index in [9.17, 15) is 8.42 Å². The zero-order chi connectivity index (χ0) is 16.0. The molecule has 3 rings (SSSR count). The van der Waals surface area contributed by atoms with Crippen molar-refractivity contribution in [3.63, 3.8) is 0 Å². The van der Waals surface area contributed by atoms with E-state index in [1.807, 2.05) is 31.1 Å². The Hall–Kier alpha value is -2.66. The summed E-state index contributed by atoms with van der Waals surface area (Å²) in [5.74, 6) is 0.306. The van der Waals surface area contributed by atoms with Crippen LogP contribution in [0.3, 0.4) is 0 Å². The van der Waals surface area contributed by atoms with Gasteiger partial charge >= 0.3 is 10.1 Å². The van der Waals surface area contributed by atoms with Crippen LogP contribution in [0.2, 0.25) is 0 Å². The Morgan fingerprint density at radius 1 is 0.727 bits per heavy atom. The predicted molar refractivity (Wildman–Crippen MR) is 85.3 cm³/mol. The molecule has 0 N–H and O–H groups in total. The third-order valence-corrected chi connectivity index (χ3v) is 4.27. The number of hydrogen-bond donors (Lipinski definition) is 0. The maximum absolute atomic E-state index is 12.4. The summed E-state index contributed by atoms with van der Waals surface area (Å²) in [7, 11) is -3.84. The average molecular weight is 314 g/mol. The van der Waals surface area contributed by atoms with Gasteiger partial charge < -0.3 is 8.98 Å². The lowest BCUT2D eigenvalue weighted by molar-refractivity contribution is -0.0979. The fourth-order valence-electron chi connectivity index (χ4n) is 2.06. The first-order valence-corrected chi connectivity index (χ1v) is 7.84. The Labute approximate surface area is 129 Å². The number of rotatable bonds is 3. The molecule has 0 amide bonds. The molecule has 0 heterocycles. The van der Waals surface area contributed by atoms with Crippen LogP contribution in [-0.4, -0.2) is 15.2 Å². The third kappa shape index (κ3) is 3.32. The van der Waals surface area contributed by atoms with Crippen molar-refractivity contribution < 1.29 is 17.4 Å². The zero-order valence-corrected chi connectivity index (χ0v) is 12.5. The highest BCUT2D eigenvalue weighted by molar-refractivity contribution is 7.87. The van der Waals surface area contributed by atoms with E-state index in [0.29, 0.717) is 11.1 Å². The van der Waals surface area contributed by atoms with E-state index in [2.05, 4.69) is 0 Å². The molecule has 3 aromatic rings. The summed E-state index contributed by atoms with van der Waals surface area (Å²) in [6.07, 6.45) is 0. The minimum Gasteiger partial charge on any atom is -0.379 e. The fourth-order valence-corrected chi connectivity index (χ4v) is 3.22. The van der Waals surface area contributed by atoms with Gasteiger partial charge in [-0.2, -0.15) is 8.42 Å². The lowest BCUT2D eigenvalue weighted by atomic mass is 10.1. The molecule has 0 atom stereocenters. The number of benzene rings is 3. The second-order valence-electron chi connectivity index (χ2n) is 4.33. The Bertz CT molecular complexity index is 853. The quantitative estimate of drug-likeness (QED) is 0.695. The maximum atomic E-state index is 12.4. The summed E-state index contributed by atoms with van der Waals surface area (Å²) in [4.78, 5) is 8.18. The zero-order valence-electron chi connectivity index (χ0n) is 11.7. The van der Waals surface area contributed by atoms with Crippen LogP contribution in [0.5, 0.6) is 5.75 Å². The van der Waals surface area contributed by atoms with Crippen molar-refractivity contribution in [2.24, 2.45) is 0 Å². The number of hydrogen-bond acceptors (Lipinski definition) is 4. The van der Waals surface area contributed by atoms with Crippen molar-refractivity contribution in [3.05, 3.63) is 72.8 Å². The second-order valence-corrected chi connectivity index (χ2v) is 5.84. The molecule has 0 radical (unpaired) electrons. The van der Waals surface area contributed by atoms with Gasteiger partial charge in [-0.15, -0.1) is 0 Å². The highest BCUT2D eigenvalue weighted by atomic mass is 32.2. The van der Waals surface area contributed by atoms with Crippen LogP contribution in [-0.2, 0) is 14.9 Å². The molecule has 4 nitrogen and oxygen atoms in total. The van der Waals surface area contributed by atoms with Gasteiger partial charge in [-0.25, -0.2) is 0 Å². The number of para-hydroxylation sites is 1. The first kappa shape index (κ1) is 15.7. The number of carbonyl (C=O) groups excluding carboxylic acids is 1. The molecule has 0 aliphatic rings. The molecule has 5 heteroatoms. The van der Waals surface area contributed by atoms with Crippen molar-refractivity contribution in [1.29, 1.82) is 0 Å². The summed E-state index contributed by atoms with van der Waals surface area (Å²) >= 11 is 0. The third-order valence-electron chi connectivity index (χ3n) is 2.97. The van der Waals surface area contributed by atoms with Crippen molar-refractivity contribution >= 4 is 27.7 Å². The highest BCUT2D eigenvalue weighted by Crippen LogP contribution is 2.25. The van der Waals surface area contributed by atoms with Gasteiger partial charge in [0.1, 0.15) is 17.4 Å². The summed E-state index contributed by atoms with van der Waals surface area (Å²) < 4.78 is 30.0. The molecule has 3 aromatic carbocycles. The van der Waals surface area contributed by atoms with Gasteiger partial charge in [0.2, 0.25) is 0 Å². The molecule has 0 fully saturated rings. The molecular formula is C17H14O4S. The van der Waals surface area contributed by atoms with Gasteiger partial charge in [-0.05, 0) is 23.6 Å². The molecule has 0 saturated carbocycles. The molecule has 0 spiro atoms. The van der Waals surface area contributed by atoms with E-state index in [1.54, 1.807) is 48.5 Å². The van der Waals surface area contributed by atoms with Gasteiger partial charge in [0.05, 0.1) is 0 Å². The first-order chi connectivity index (χ1) is 10.7. The molecule has 22 heavy (non-hydrogen) atoms. The van der Waals surface area contributed by atoms with Gasteiger partial charge in [0, 0.05) is 5.39 Å². The molecule has 0 unspecified atom stereocenters. The fraction of sp³-hybridized carbons (Fsp3) is 0. The van der Waals surface area contributed by atoms with E-state index in [0.717, 1.165) is 5.39 Å². The van der Waals surface area contributed by atoms with Crippen molar-refractivity contribution in [2.45, 2.75) is 4.90 Å². The standard InChI is InChI=1S/C16H12O3S.CH2O/c17-20(18,19-14-9-2-1-3-10-14)16-12-6-8-13-7-4-5-11-15(13)16;1-2/h1-12H;1H2. The van der Waals surface area contributed by atoms with Crippen molar-refractivity contribution in [2.75, 3.05) is 0 Å². The molecule has 0 saturated heterocycles. The summed E-state index contributed by atoms with van der Waals surface area (Å²) in [5.41, 5.74) is 0. The van der Waals surface area contributed by atoms with E-state index in [4.69, 9.17) is 8.98 Å². The lowest BCUT2D eigenvalue weighted by Crippen LogP contribution is -2.10. The number of fused-ring (bicyclic) bond motifs is 1. The van der Waals surface area contributed by atoms with E-state index in [-0.39, 0.29) is 4.90 Å². The Kier molecular flexibility index (Phi) is 4.91. The van der Waals surface area contributed by atoms with Gasteiger partial charge in [0.15, 0.2) is 0 Å². The van der Waals surface area contributed by atoms with Gasteiger partial charge in [-0.3, -0.25) is 0 Å². The minimum absolute atomic E-state index is 0.180. The van der Waals surface area contributed by atoms with Crippen LogP contribution < -0.4 is 4.18 Å². The summed E-state index contributed by atoms with van der Waals surface area (Å²) in [5, 5.41) is 1.52. The van der Waals surface area contributed by atoms with E-state index < -0.39 is 10.1 Å². The smallest absolute Gasteiger partial charge is 0.339 e. The highest BCUT2D eigenvalue weighted by Gasteiger charge is 2.19. The summed E-state index contributed by atoms with van der Waals surface area (Å²) in [6, 6.07) is 21.0. The topological polar surface area (TPSA) is 60.4 Å². The lowest BCUT2D eigenvalue weighted by Gasteiger charge is -2.09. The van der Waals surface area contributed by atoms with Gasteiger partial charge in [0.25, 0.3) is 0 Å². The number of carbonyl (C=O) groups is 1. The minimum atomic E-state index is -3.84. The van der Waals surface area contributed by atoms with Crippen LogP contribution in [0.1, 0.15) is 0 Å². The van der Waals surface area contributed by atoms with E-state index in [1.165, 1.54) is 0 Å². The first-order valence-electron chi connectivity index (χ1n) is 6.43. The van der Waals surface area contributed by atoms with Crippen LogP contribution in [0.15, 0.2) is 77.7 Å². The molecule has 0 bridgehead atoms. The Balaban J connectivity index is 0.000000847. The van der Waals surface area contributed by atoms with Crippen LogP contribution in [0.25, 0.3) is 10.8 Å². The van der Waals surface area contributed by atoms with Gasteiger partial charge in [-0.1, -0.05) is 54.6 Å². The molecule has 0 aliphatic heterocycles. The SMILES string of the molecule is C=O.O=S(=O)(Oc1ccccc1)c1cccc2ccccc12. The molecule has 112 valence electrons. The van der Waals surface area contributed by atoms with Crippen LogP contribution in [0.4, 0.5) is 0 Å². The average Bonchev–Trinajstić information content (AvgIpc) is 2.56. The normalized spacial score (nSPS) is 10.5. The van der Waals surface area contributed by atoms with Crippen molar-refractivity contribution in [1.82, 2.24) is 0 Å². The van der Waals surface area contributed by atoms with Crippen LogP contribution >= 0.6 is 0 Å². The molecule has 0 aromatic heterocycles. The van der Waals surface area contributed by atoms with Crippen molar-refractivity contribution in [3.8, 4) is 5.75 Å². The summed E-state index contributed by atoms with van der Waals surface area (Å²) in [6.45, 7) is 2.00. The molecular weight excluding hydrogens is 300 g/mol. The maximum Gasteiger partial charge on any atom is 0.339 e. The Morgan fingerprint density at radius 3 is 2.05 bits per heavy atom. The largest absolute Gasteiger partial charge is 0.379 e. The second kappa shape index (κ2) is 6.87. The monoisotopic (exact) mass is 314 g/mol. The van der Waals surface area contributed by atoms with E-state index >= 15 is 0 Å². The van der Waals surface area contributed by atoms with Crippen LogP contribution in [0, 0.1) is 0 Å². The predicted octanol–water partition coefficient (Wildman–Crippen LogP) is 3.42. The molecule has 0 aliphatic carbocycles. The Morgan fingerprint density at radius 2 is 1.32 bits per heavy atom.